The Morgan fingerprint density at radius 2 is 1.02 bits per heavy atom. The standard InChI is InChI=1S/C78H117N21O20/c1-12-41(8)64(66(81)107)97-68(109)43(10)88-70(111)56(29-47-33-82-37-86-47)94-77(118)59-18-15-23-99(59)63(106)35-85-69(110)51(24-38(2)3)91-71(112)52(25-39(4)5)92-73(114)54(27-45-19-21-48(102)22-20-45)90-62(105)34-84-67(108)42(9)87-76(117)58(36-100)96-74(115)57(30-60(80)103)93-72(113)53(26-40(6)7)95-78(119)65(44(11)101)98-75(116)55(89-61(104)31-79)28-46-32-83-50-17-14-13-16-49(46)50/h13-14,16-17,19-22,32-33,37-44,51-59,64-65,83,100-102H,12,15,18,23-31,34-36,79H2,1-11H3,(H2,80,103)(H2,81,107)(H,82,86)(H,84,108)(H,85,110)(H,87,117)(H,88,111)(H,89,104)(H,90,105)(H,91,112)(H,92,114)(H,93,113)(H,94,118)(H,95,119)(H,96,115)(H,97,109)(H,98,116)/t41-,42-,43-,44+,51-,52-,53-,54-,55+,56-,57-,58-,59-,64-,65-/m0/s1. The smallest absolute Gasteiger partial charge is 0.245 e. The van der Waals surface area contributed by atoms with Crippen molar-refractivity contribution in [1.29, 1.82) is 0 Å². The number of amides is 17. The number of aromatic nitrogens is 3. The molecule has 1 saturated heterocycles. The van der Waals surface area contributed by atoms with Gasteiger partial charge >= 0.3 is 0 Å². The number of aromatic hydroxyl groups is 1. The number of rotatable bonds is 48. The van der Waals surface area contributed by atoms with Crippen LogP contribution in [0.15, 0.2) is 67.3 Å². The number of nitrogens with zero attached hydrogens (tertiary/aromatic N) is 2. The van der Waals surface area contributed by atoms with Crippen LogP contribution in [-0.4, -0.2) is 253 Å². The minimum absolute atomic E-state index is 0.0153. The fraction of sp³-hybridized carbons (Fsp3) is 0.564. The number of aromatic amines is 2. The summed E-state index contributed by atoms with van der Waals surface area (Å²) in [6, 6.07) is -5.98. The van der Waals surface area contributed by atoms with E-state index < -0.39 is 218 Å². The van der Waals surface area contributed by atoms with Gasteiger partial charge in [0.25, 0.3) is 0 Å². The van der Waals surface area contributed by atoms with Crippen LogP contribution in [0.25, 0.3) is 10.9 Å². The Morgan fingerprint density at radius 1 is 0.521 bits per heavy atom. The maximum absolute atomic E-state index is 14.5. The molecule has 1 aliphatic rings. The summed E-state index contributed by atoms with van der Waals surface area (Å²) in [6.45, 7) is 14.7. The average molecular weight is 1670 g/mol. The number of carbonyl (C=O) groups excluding carboxylic acids is 17. The third kappa shape index (κ3) is 31.3. The van der Waals surface area contributed by atoms with Crippen LogP contribution in [0.1, 0.15) is 138 Å². The Bertz CT molecular complexity index is 4190. The molecule has 41 nitrogen and oxygen atoms in total. The normalized spacial score (nSPS) is 16.1. The molecule has 0 unspecified atom stereocenters. The van der Waals surface area contributed by atoms with Crippen LogP contribution in [0.2, 0.25) is 0 Å². The van der Waals surface area contributed by atoms with Crippen LogP contribution >= 0.6 is 0 Å². The van der Waals surface area contributed by atoms with E-state index in [1.54, 1.807) is 78.9 Å². The van der Waals surface area contributed by atoms with Gasteiger partial charge in [-0.3, -0.25) is 81.5 Å². The Morgan fingerprint density at radius 3 is 1.57 bits per heavy atom. The molecule has 3 heterocycles. The van der Waals surface area contributed by atoms with Crippen molar-refractivity contribution < 1.29 is 96.8 Å². The molecule has 2 aromatic heterocycles. The van der Waals surface area contributed by atoms with E-state index in [1.807, 2.05) is 6.92 Å². The summed E-state index contributed by atoms with van der Waals surface area (Å²) < 4.78 is 0. The molecule has 25 N–H and O–H groups in total. The zero-order valence-corrected chi connectivity index (χ0v) is 68.8. The number of nitrogens with two attached hydrogens (primary N) is 3. The fourth-order valence-corrected chi connectivity index (χ4v) is 12.9. The van der Waals surface area contributed by atoms with Crippen LogP contribution in [0, 0.1) is 23.7 Å². The van der Waals surface area contributed by atoms with E-state index in [2.05, 4.69) is 89.4 Å². The average Bonchev–Trinajstić information content (AvgIpc) is 1.74. The van der Waals surface area contributed by atoms with Gasteiger partial charge in [0.15, 0.2) is 0 Å². The van der Waals surface area contributed by atoms with Crippen molar-refractivity contribution in [3.8, 4) is 5.75 Å². The van der Waals surface area contributed by atoms with Crippen molar-refractivity contribution in [2.45, 2.75) is 225 Å². The van der Waals surface area contributed by atoms with E-state index in [-0.39, 0.29) is 80.9 Å². The lowest BCUT2D eigenvalue weighted by Crippen LogP contribution is -2.62. The van der Waals surface area contributed by atoms with Crippen molar-refractivity contribution in [3.63, 3.8) is 0 Å². The quantitative estimate of drug-likeness (QED) is 0.0196. The van der Waals surface area contributed by atoms with Crippen molar-refractivity contribution in [1.82, 2.24) is 94.3 Å². The summed E-state index contributed by atoms with van der Waals surface area (Å²) in [5.74, 6) is -16.9. The molecule has 0 radical (unpaired) electrons. The molecule has 15 atom stereocenters. The van der Waals surface area contributed by atoms with Crippen LogP contribution in [-0.2, 0) is 101 Å². The fourth-order valence-electron chi connectivity index (χ4n) is 12.9. The first-order valence-corrected chi connectivity index (χ1v) is 39.5. The molecule has 0 spiro atoms. The Balaban J connectivity index is 1.20. The van der Waals surface area contributed by atoms with Crippen LogP contribution in [0.3, 0.4) is 0 Å². The number of carbonyl (C=O) groups is 17. The number of H-pyrrole nitrogens is 2. The molecule has 0 saturated carbocycles. The molecule has 17 amide bonds. The first-order valence-electron chi connectivity index (χ1n) is 39.5. The topological polar surface area (TPSA) is 645 Å². The number of aliphatic hydroxyl groups excluding tert-OH is 2. The van der Waals surface area contributed by atoms with Crippen molar-refractivity contribution in [2.24, 2.45) is 40.9 Å². The Hall–Kier alpha value is -12.1. The van der Waals surface area contributed by atoms with Gasteiger partial charge < -0.3 is 122 Å². The van der Waals surface area contributed by atoms with Crippen LogP contribution < -0.4 is 91.6 Å². The van der Waals surface area contributed by atoms with Crippen molar-refractivity contribution in [3.05, 3.63) is 84.1 Å². The second-order valence-electron chi connectivity index (χ2n) is 30.9. The van der Waals surface area contributed by atoms with Gasteiger partial charge in [-0.05, 0) is 106 Å². The number of nitrogens with one attached hydrogen (secondary N) is 16. The number of likely N-dealkylation sites (tertiary alicyclic amines) is 1. The lowest BCUT2D eigenvalue weighted by Gasteiger charge is -2.28. The van der Waals surface area contributed by atoms with E-state index in [4.69, 9.17) is 17.2 Å². The number of primary amides is 2. The minimum atomic E-state index is -1.89. The van der Waals surface area contributed by atoms with Crippen molar-refractivity contribution >= 4 is 111 Å². The van der Waals surface area contributed by atoms with E-state index in [0.717, 1.165) is 10.9 Å². The summed E-state index contributed by atoms with van der Waals surface area (Å²) in [5, 5.41) is 66.8. The number of hydrogen-bond acceptors (Lipinski definition) is 22. The molecule has 41 heteroatoms. The van der Waals surface area contributed by atoms with Crippen molar-refractivity contribution in [2.75, 3.05) is 32.8 Å². The molecular weight excluding hydrogens is 1550 g/mol. The van der Waals surface area contributed by atoms with Gasteiger partial charge in [-0.2, -0.15) is 0 Å². The van der Waals surface area contributed by atoms with Crippen LogP contribution in [0.5, 0.6) is 5.75 Å². The highest BCUT2D eigenvalue weighted by Gasteiger charge is 2.40. The molecule has 2 aromatic carbocycles. The summed E-state index contributed by atoms with van der Waals surface area (Å²) in [5.41, 5.74) is 18.7. The van der Waals surface area contributed by atoms with Gasteiger partial charge in [0.2, 0.25) is 100 Å². The third-order valence-corrected chi connectivity index (χ3v) is 19.5. The van der Waals surface area contributed by atoms with E-state index in [1.165, 1.54) is 62.5 Å². The SMILES string of the molecule is CC[C@H](C)[C@H](NC(=O)[C@H](C)NC(=O)[C@H](Cc1c[nH]cn1)NC(=O)[C@@H]1CCCN1C(=O)CNC(=O)[C@H](CC(C)C)NC(=O)[C@H](CC(C)C)NC(=O)[C@H](Cc1ccc(O)cc1)NC(=O)CNC(=O)[C@H](C)NC(=O)[C@H](CO)NC(=O)[C@H](CC(N)=O)NC(=O)[C@H](CC(C)C)NC(=O)[C@@H](NC(=O)[C@@H](Cc1c[nH]c2ccccc12)NC(=O)CN)[C@@H](C)O)C(N)=O. The molecule has 654 valence electrons. The third-order valence-electron chi connectivity index (χ3n) is 19.5. The number of para-hydroxylation sites is 1. The van der Waals surface area contributed by atoms with Gasteiger partial charge in [0.05, 0.1) is 50.8 Å². The number of benzene rings is 2. The number of phenolic OH excluding ortho intramolecular Hbond substituents is 1. The minimum Gasteiger partial charge on any atom is -0.508 e. The zero-order chi connectivity index (χ0) is 88.7. The molecule has 0 aliphatic carbocycles. The number of fused-ring (bicyclic) bond motifs is 1. The molecular formula is C78H117N21O20. The first kappa shape index (κ1) is 97.4. The molecule has 5 rings (SSSR count). The molecule has 0 bridgehead atoms. The number of imidazole rings is 1. The summed E-state index contributed by atoms with van der Waals surface area (Å²) in [4.78, 5) is 243. The summed E-state index contributed by atoms with van der Waals surface area (Å²) in [6.07, 6.45) is 2.45. The number of aliphatic hydroxyl groups is 2. The largest absolute Gasteiger partial charge is 0.508 e. The Kier molecular flexibility index (Phi) is 38.7. The first-order chi connectivity index (χ1) is 56.1. The van der Waals surface area contributed by atoms with E-state index in [9.17, 15) is 96.8 Å². The summed E-state index contributed by atoms with van der Waals surface area (Å²) in [7, 11) is 0. The highest BCUT2D eigenvalue weighted by molar-refractivity contribution is 6.01. The van der Waals surface area contributed by atoms with Crippen LogP contribution in [0.4, 0.5) is 0 Å². The van der Waals surface area contributed by atoms with Gasteiger partial charge in [0, 0.05) is 49.1 Å². The van der Waals surface area contributed by atoms with E-state index >= 15 is 0 Å². The van der Waals surface area contributed by atoms with Gasteiger partial charge in [-0.1, -0.05) is 92.1 Å². The van der Waals surface area contributed by atoms with E-state index in [0.29, 0.717) is 29.7 Å². The van der Waals surface area contributed by atoms with Gasteiger partial charge in [-0.15, -0.1) is 0 Å². The van der Waals surface area contributed by atoms with Gasteiger partial charge in [0.1, 0.15) is 84.3 Å². The zero-order valence-electron chi connectivity index (χ0n) is 68.8. The molecule has 1 fully saturated rings. The monoisotopic (exact) mass is 1670 g/mol. The molecule has 119 heavy (non-hydrogen) atoms. The highest BCUT2D eigenvalue weighted by Crippen LogP contribution is 2.22. The Labute approximate surface area is 688 Å². The maximum Gasteiger partial charge on any atom is 0.245 e. The predicted octanol–water partition coefficient (Wildman–Crippen LogP) is -5.42. The summed E-state index contributed by atoms with van der Waals surface area (Å²) >= 11 is 0. The molecule has 1 aliphatic heterocycles. The second kappa shape index (κ2) is 47.3. The predicted molar refractivity (Wildman–Crippen MR) is 430 cm³/mol. The number of hydrogen-bond donors (Lipinski definition) is 22. The lowest BCUT2D eigenvalue weighted by atomic mass is 9.98. The molecule has 4 aromatic rings. The lowest BCUT2D eigenvalue weighted by molar-refractivity contribution is -0.140. The number of phenols is 1. The second-order valence-corrected chi connectivity index (χ2v) is 30.9. The van der Waals surface area contributed by atoms with Gasteiger partial charge in [-0.25, -0.2) is 4.98 Å². The maximum atomic E-state index is 14.5. The highest BCUT2D eigenvalue weighted by atomic mass is 16.3.